The highest BCUT2D eigenvalue weighted by molar-refractivity contribution is 6.35. The molecule has 14 heavy (non-hydrogen) atoms. The van der Waals surface area contributed by atoms with Crippen molar-refractivity contribution in [2.24, 2.45) is 0 Å². The third-order valence-electron chi connectivity index (χ3n) is 1.81. The standard InChI is InChI=1S/C12H12Cl2/c1-2-3-4-5-6-10-7-8-11(13)9-12(10)14/h7-9H,2-4H2,1H3. The predicted octanol–water partition coefficient (Wildman–Crippen LogP) is 4.54. The third-order valence-corrected chi connectivity index (χ3v) is 2.36. The number of halogens is 2. The van der Waals surface area contributed by atoms with Gasteiger partial charge in [0.25, 0.3) is 0 Å². The smallest absolute Gasteiger partial charge is 0.0577 e. The highest BCUT2D eigenvalue weighted by Gasteiger charge is 1.96. The van der Waals surface area contributed by atoms with Crippen molar-refractivity contribution in [1.29, 1.82) is 0 Å². The molecule has 0 aromatic heterocycles. The summed E-state index contributed by atoms with van der Waals surface area (Å²) in [5.41, 5.74) is 0.854. The Labute approximate surface area is 95.2 Å². The fraction of sp³-hybridized carbons (Fsp3) is 0.333. The van der Waals surface area contributed by atoms with Crippen LogP contribution in [0.4, 0.5) is 0 Å². The molecule has 1 aromatic rings. The van der Waals surface area contributed by atoms with Gasteiger partial charge in [-0.05, 0) is 24.6 Å². The topological polar surface area (TPSA) is 0 Å². The molecule has 0 bridgehead atoms. The summed E-state index contributed by atoms with van der Waals surface area (Å²) >= 11 is 11.7. The lowest BCUT2D eigenvalue weighted by Gasteiger charge is -1.95. The van der Waals surface area contributed by atoms with Gasteiger partial charge in [0.15, 0.2) is 0 Å². The lowest BCUT2D eigenvalue weighted by atomic mass is 10.2. The Hall–Kier alpha value is -0.640. The van der Waals surface area contributed by atoms with Gasteiger partial charge in [0.05, 0.1) is 5.02 Å². The number of rotatable bonds is 2. The van der Waals surface area contributed by atoms with Gasteiger partial charge < -0.3 is 0 Å². The van der Waals surface area contributed by atoms with Crippen LogP contribution in [0, 0.1) is 11.8 Å². The lowest BCUT2D eigenvalue weighted by Crippen LogP contribution is -1.77. The Balaban J connectivity index is 2.70. The van der Waals surface area contributed by atoms with Gasteiger partial charge >= 0.3 is 0 Å². The van der Waals surface area contributed by atoms with Crippen molar-refractivity contribution in [2.75, 3.05) is 0 Å². The van der Waals surface area contributed by atoms with Gasteiger partial charge in [-0.2, -0.15) is 0 Å². The van der Waals surface area contributed by atoms with Crippen LogP contribution in [0.1, 0.15) is 31.7 Å². The van der Waals surface area contributed by atoms with E-state index in [1.807, 2.05) is 6.07 Å². The molecule has 0 nitrogen and oxygen atoms in total. The molecular formula is C12H12Cl2. The molecule has 1 rings (SSSR count). The molecule has 0 unspecified atom stereocenters. The first kappa shape index (κ1) is 11.4. The minimum Gasteiger partial charge on any atom is -0.0978 e. The Kier molecular flexibility index (Phi) is 4.87. The van der Waals surface area contributed by atoms with E-state index in [9.17, 15) is 0 Å². The van der Waals surface area contributed by atoms with E-state index in [1.165, 1.54) is 6.42 Å². The first-order chi connectivity index (χ1) is 6.74. The maximum atomic E-state index is 5.96. The molecule has 0 fully saturated rings. The van der Waals surface area contributed by atoms with Gasteiger partial charge in [0.2, 0.25) is 0 Å². The maximum Gasteiger partial charge on any atom is 0.0577 e. The third kappa shape index (κ3) is 3.62. The fourth-order valence-corrected chi connectivity index (χ4v) is 1.47. The van der Waals surface area contributed by atoms with Crippen LogP contribution in [0.3, 0.4) is 0 Å². The average molecular weight is 227 g/mol. The van der Waals surface area contributed by atoms with Gasteiger partial charge in [0.1, 0.15) is 0 Å². The molecule has 0 amide bonds. The minimum atomic E-state index is 0.626. The SMILES string of the molecule is CCCCC#Cc1ccc(Cl)cc1Cl. The van der Waals surface area contributed by atoms with Crippen molar-refractivity contribution >= 4 is 23.2 Å². The van der Waals surface area contributed by atoms with Crippen LogP contribution in [0.15, 0.2) is 18.2 Å². The maximum absolute atomic E-state index is 5.96. The molecular weight excluding hydrogens is 215 g/mol. The van der Waals surface area contributed by atoms with Crippen molar-refractivity contribution in [2.45, 2.75) is 26.2 Å². The molecule has 2 heteroatoms. The van der Waals surface area contributed by atoms with E-state index in [0.29, 0.717) is 10.0 Å². The van der Waals surface area contributed by atoms with E-state index in [-0.39, 0.29) is 0 Å². The molecule has 0 radical (unpaired) electrons. The van der Waals surface area contributed by atoms with E-state index < -0.39 is 0 Å². The van der Waals surface area contributed by atoms with Crippen molar-refractivity contribution in [3.63, 3.8) is 0 Å². The lowest BCUT2D eigenvalue weighted by molar-refractivity contribution is 0.828. The van der Waals surface area contributed by atoms with Crippen molar-refractivity contribution in [3.05, 3.63) is 33.8 Å². The van der Waals surface area contributed by atoms with Crippen molar-refractivity contribution in [1.82, 2.24) is 0 Å². The van der Waals surface area contributed by atoms with Crippen molar-refractivity contribution < 1.29 is 0 Å². The highest BCUT2D eigenvalue weighted by atomic mass is 35.5. The van der Waals surface area contributed by atoms with Crippen LogP contribution in [-0.2, 0) is 0 Å². The van der Waals surface area contributed by atoms with Gasteiger partial charge in [-0.15, -0.1) is 0 Å². The van der Waals surface area contributed by atoms with Crippen LogP contribution in [0.25, 0.3) is 0 Å². The Morgan fingerprint density at radius 1 is 1.29 bits per heavy atom. The van der Waals surface area contributed by atoms with Crippen LogP contribution in [0.5, 0.6) is 0 Å². The van der Waals surface area contributed by atoms with Gasteiger partial charge in [-0.1, -0.05) is 48.4 Å². The second-order valence-corrected chi connectivity index (χ2v) is 3.87. The number of hydrogen-bond acceptors (Lipinski definition) is 0. The zero-order valence-electron chi connectivity index (χ0n) is 8.11. The number of unbranched alkanes of at least 4 members (excludes halogenated alkanes) is 2. The zero-order chi connectivity index (χ0) is 10.4. The molecule has 1 aromatic carbocycles. The van der Waals surface area contributed by atoms with Gasteiger partial charge in [0, 0.05) is 17.0 Å². The molecule has 0 aliphatic rings. The fourth-order valence-electron chi connectivity index (χ4n) is 1.01. The molecule has 0 N–H and O–H groups in total. The summed E-state index contributed by atoms with van der Waals surface area (Å²) in [6.45, 7) is 2.15. The molecule has 0 aliphatic carbocycles. The molecule has 0 spiro atoms. The molecule has 74 valence electrons. The van der Waals surface area contributed by atoms with E-state index in [2.05, 4.69) is 18.8 Å². The van der Waals surface area contributed by atoms with Crippen LogP contribution < -0.4 is 0 Å². The summed E-state index contributed by atoms with van der Waals surface area (Å²) < 4.78 is 0. The summed E-state index contributed by atoms with van der Waals surface area (Å²) in [6.07, 6.45) is 3.23. The number of hydrogen-bond donors (Lipinski definition) is 0. The normalized spacial score (nSPS) is 9.36. The average Bonchev–Trinajstić information content (AvgIpc) is 2.15. The molecule has 0 aliphatic heterocycles. The van der Waals surface area contributed by atoms with Crippen molar-refractivity contribution in [3.8, 4) is 11.8 Å². The highest BCUT2D eigenvalue weighted by Crippen LogP contribution is 2.19. The molecule has 0 saturated heterocycles. The van der Waals surface area contributed by atoms with E-state index >= 15 is 0 Å². The Morgan fingerprint density at radius 2 is 2.07 bits per heavy atom. The summed E-state index contributed by atoms with van der Waals surface area (Å²) in [6, 6.07) is 5.37. The second-order valence-electron chi connectivity index (χ2n) is 3.03. The Bertz CT molecular complexity index is 358. The first-order valence-electron chi connectivity index (χ1n) is 4.68. The van der Waals surface area contributed by atoms with E-state index in [0.717, 1.165) is 18.4 Å². The minimum absolute atomic E-state index is 0.626. The first-order valence-corrected chi connectivity index (χ1v) is 5.43. The molecule has 0 atom stereocenters. The largest absolute Gasteiger partial charge is 0.0978 e. The molecule has 0 heterocycles. The van der Waals surface area contributed by atoms with Gasteiger partial charge in [-0.3, -0.25) is 0 Å². The molecule has 0 saturated carbocycles. The Morgan fingerprint density at radius 3 is 2.71 bits per heavy atom. The van der Waals surface area contributed by atoms with E-state index in [4.69, 9.17) is 23.2 Å². The predicted molar refractivity (Wildman–Crippen MR) is 62.9 cm³/mol. The van der Waals surface area contributed by atoms with Gasteiger partial charge in [-0.25, -0.2) is 0 Å². The van der Waals surface area contributed by atoms with Crippen LogP contribution >= 0.6 is 23.2 Å². The van der Waals surface area contributed by atoms with Crippen LogP contribution in [-0.4, -0.2) is 0 Å². The van der Waals surface area contributed by atoms with E-state index in [1.54, 1.807) is 12.1 Å². The number of benzene rings is 1. The quantitative estimate of drug-likeness (QED) is 0.514. The van der Waals surface area contributed by atoms with Crippen LogP contribution in [0.2, 0.25) is 10.0 Å². The monoisotopic (exact) mass is 226 g/mol. The summed E-state index contributed by atoms with van der Waals surface area (Å²) in [5.74, 6) is 6.12. The second kappa shape index (κ2) is 5.96. The summed E-state index contributed by atoms with van der Waals surface area (Å²) in [5, 5.41) is 1.27. The summed E-state index contributed by atoms with van der Waals surface area (Å²) in [7, 11) is 0. The summed E-state index contributed by atoms with van der Waals surface area (Å²) in [4.78, 5) is 0. The zero-order valence-corrected chi connectivity index (χ0v) is 9.62.